The van der Waals surface area contributed by atoms with Gasteiger partial charge in [-0.2, -0.15) is 13.2 Å². The number of rotatable bonds is 7. The second-order valence-electron chi connectivity index (χ2n) is 3.99. The Kier molecular flexibility index (Phi) is 6.08. The molecule has 1 rings (SSSR count). The standard InChI is InChI=1S/C11H13F4NO4S/c12-9-2-1-8(6-17)5-10(9)21(18,19)16-3-4-20-7-11(13,14)15/h1-2,5,16-17H,3-4,6-7H2. The van der Waals surface area contributed by atoms with Crippen molar-refractivity contribution >= 4 is 10.0 Å². The van der Waals surface area contributed by atoms with Gasteiger partial charge in [-0.25, -0.2) is 17.5 Å². The van der Waals surface area contributed by atoms with E-state index in [1.807, 2.05) is 4.72 Å². The van der Waals surface area contributed by atoms with Crippen LogP contribution in [0.5, 0.6) is 0 Å². The summed E-state index contributed by atoms with van der Waals surface area (Å²) in [5.41, 5.74) is 0.185. The number of halogens is 4. The Morgan fingerprint density at radius 2 is 1.95 bits per heavy atom. The number of ether oxygens (including phenoxy) is 1. The number of benzene rings is 1. The van der Waals surface area contributed by atoms with Crippen LogP contribution in [0.1, 0.15) is 5.56 Å². The molecule has 0 unspecified atom stereocenters. The zero-order valence-corrected chi connectivity index (χ0v) is 11.5. The van der Waals surface area contributed by atoms with Crippen molar-refractivity contribution in [2.45, 2.75) is 17.7 Å². The molecule has 0 spiro atoms. The molecular formula is C11H13F4NO4S. The summed E-state index contributed by atoms with van der Waals surface area (Å²) in [6.07, 6.45) is -4.50. The Labute approximate surface area is 118 Å². The van der Waals surface area contributed by atoms with E-state index in [1.165, 1.54) is 6.07 Å². The number of aliphatic hydroxyl groups is 1. The maximum absolute atomic E-state index is 13.5. The van der Waals surface area contributed by atoms with Crippen LogP contribution in [-0.2, 0) is 21.4 Å². The molecule has 0 radical (unpaired) electrons. The lowest BCUT2D eigenvalue weighted by atomic mass is 10.2. The summed E-state index contributed by atoms with van der Waals surface area (Å²) >= 11 is 0. The lowest BCUT2D eigenvalue weighted by Gasteiger charge is -2.10. The highest BCUT2D eigenvalue weighted by Crippen LogP contribution is 2.16. The number of aliphatic hydroxyl groups excluding tert-OH is 1. The van der Waals surface area contributed by atoms with E-state index in [1.54, 1.807) is 0 Å². The molecule has 0 amide bonds. The summed E-state index contributed by atoms with van der Waals surface area (Å²) in [6.45, 7) is -2.93. The van der Waals surface area contributed by atoms with Gasteiger partial charge in [-0.15, -0.1) is 0 Å². The van der Waals surface area contributed by atoms with E-state index in [0.29, 0.717) is 0 Å². The SMILES string of the molecule is O=S(=O)(NCCOCC(F)(F)F)c1cc(CO)ccc1F. The van der Waals surface area contributed by atoms with Gasteiger partial charge in [-0.05, 0) is 17.7 Å². The highest BCUT2D eigenvalue weighted by molar-refractivity contribution is 7.89. The molecule has 0 aliphatic carbocycles. The maximum Gasteiger partial charge on any atom is 0.411 e. The smallest absolute Gasteiger partial charge is 0.392 e. The molecule has 0 saturated carbocycles. The first-order chi connectivity index (χ1) is 9.65. The fourth-order valence-corrected chi connectivity index (χ4v) is 2.50. The molecule has 0 saturated heterocycles. The molecule has 2 N–H and O–H groups in total. The first kappa shape index (κ1) is 17.8. The molecule has 0 aromatic heterocycles. The Balaban J connectivity index is 2.62. The first-order valence-corrected chi connectivity index (χ1v) is 7.17. The van der Waals surface area contributed by atoms with Crippen LogP contribution in [0.3, 0.4) is 0 Å². The van der Waals surface area contributed by atoms with Gasteiger partial charge in [0.1, 0.15) is 17.3 Å². The van der Waals surface area contributed by atoms with Crippen LogP contribution in [0.4, 0.5) is 17.6 Å². The van der Waals surface area contributed by atoms with Crippen LogP contribution in [0, 0.1) is 5.82 Å². The van der Waals surface area contributed by atoms with Crippen molar-refractivity contribution in [3.05, 3.63) is 29.6 Å². The Morgan fingerprint density at radius 3 is 2.52 bits per heavy atom. The van der Waals surface area contributed by atoms with Crippen LogP contribution in [0.15, 0.2) is 23.1 Å². The lowest BCUT2D eigenvalue weighted by Crippen LogP contribution is -2.29. The van der Waals surface area contributed by atoms with Gasteiger partial charge < -0.3 is 9.84 Å². The van der Waals surface area contributed by atoms with Crippen LogP contribution >= 0.6 is 0 Å². The Hall–Kier alpha value is -1.23. The predicted octanol–water partition coefficient (Wildman–Crippen LogP) is 1.18. The van der Waals surface area contributed by atoms with Gasteiger partial charge in [0.15, 0.2) is 0 Å². The topological polar surface area (TPSA) is 75.6 Å². The van der Waals surface area contributed by atoms with Gasteiger partial charge in [-0.3, -0.25) is 0 Å². The zero-order valence-electron chi connectivity index (χ0n) is 10.7. The normalized spacial score (nSPS) is 12.6. The number of sulfonamides is 1. The summed E-state index contributed by atoms with van der Waals surface area (Å²) in [4.78, 5) is -0.690. The van der Waals surface area contributed by atoms with Crippen molar-refractivity contribution in [1.29, 1.82) is 0 Å². The third-order valence-corrected chi connectivity index (χ3v) is 3.75. The van der Waals surface area contributed by atoms with Gasteiger partial charge in [0, 0.05) is 6.54 Å². The number of alkyl halides is 3. The van der Waals surface area contributed by atoms with Gasteiger partial charge in [0.25, 0.3) is 0 Å². The molecule has 21 heavy (non-hydrogen) atoms. The zero-order chi connectivity index (χ0) is 16.1. The minimum absolute atomic E-state index is 0.185. The van der Waals surface area contributed by atoms with Crippen molar-refractivity contribution in [3.8, 4) is 0 Å². The predicted molar refractivity (Wildman–Crippen MR) is 64.4 cm³/mol. The molecule has 0 atom stereocenters. The molecule has 10 heteroatoms. The van der Waals surface area contributed by atoms with Crippen molar-refractivity contribution < 1.29 is 35.8 Å². The summed E-state index contributed by atoms with van der Waals surface area (Å²) in [5, 5.41) is 8.88. The van der Waals surface area contributed by atoms with Crippen LogP contribution in [-0.4, -0.2) is 39.5 Å². The van der Waals surface area contributed by atoms with Crippen molar-refractivity contribution in [1.82, 2.24) is 4.72 Å². The molecule has 1 aromatic carbocycles. The molecular weight excluding hydrogens is 318 g/mol. The second-order valence-corrected chi connectivity index (χ2v) is 5.72. The van der Waals surface area contributed by atoms with Gasteiger partial charge >= 0.3 is 6.18 Å². The Morgan fingerprint density at radius 1 is 1.29 bits per heavy atom. The van der Waals surface area contributed by atoms with Crippen molar-refractivity contribution in [3.63, 3.8) is 0 Å². The number of hydrogen-bond donors (Lipinski definition) is 2. The quantitative estimate of drug-likeness (QED) is 0.581. The van der Waals surface area contributed by atoms with E-state index in [-0.39, 0.29) is 5.56 Å². The van der Waals surface area contributed by atoms with E-state index >= 15 is 0 Å². The number of hydrogen-bond acceptors (Lipinski definition) is 4. The van der Waals surface area contributed by atoms with E-state index in [4.69, 9.17) is 5.11 Å². The maximum atomic E-state index is 13.5. The molecule has 0 heterocycles. The lowest BCUT2D eigenvalue weighted by molar-refractivity contribution is -0.173. The third-order valence-electron chi connectivity index (χ3n) is 2.27. The number of nitrogens with one attached hydrogen (secondary N) is 1. The minimum atomic E-state index is -4.50. The van der Waals surface area contributed by atoms with Crippen LogP contribution in [0.25, 0.3) is 0 Å². The highest BCUT2D eigenvalue weighted by atomic mass is 32.2. The summed E-state index contributed by atoms with van der Waals surface area (Å²) in [6, 6.07) is 3.02. The molecule has 0 aliphatic rings. The largest absolute Gasteiger partial charge is 0.411 e. The third kappa shape index (κ3) is 5.96. The van der Waals surface area contributed by atoms with Crippen molar-refractivity contribution in [2.75, 3.05) is 19.8 Å². The average molecular weight is 331 g/mol. The van der Waals surface area contributed by atoms with E-state index in [0.717, 1.165) is 12.1 Å². The van der Waals surface area contributed by atoms with E-state index < -0.39 is 53.3 Å². The van der Waals surface area contributed by atoms with Gasteiger partial charge in [-0.1, -0.05) is 6.07 Å². The fraction of sp³-hybridized carbons (Fsp3) is 0.455. The summed E-state index contributed by atoms with van der Waals surface area (Å²) in [7, 11) is -4.24. The molecule has 5 nitrogen and oxygen atoms in total. The molecule has 0 aliphatic heterocycles. The molecule has 0 fully saturated rings. The van der Waals surface area contributed by atoms with Crippen LogP contribution < -0.4 is 4.72 Å². The minimum Gasteiger partial charge on any atom is -0.392 e. The molecule has 120 valence electrons. The molecule has 0 bridgehead atoms. The fourth-order valence-electron chi connectivity index (χ4n) is 1.37. The highest BCUT2D eigenvalue weighted by Gasteiger charge is 2.27. The summed E-state index contributed by atoms with van der Waals surface area (Å²) in [5.74, 6) is -1.03. The molecule has 1 aromatic rings. The van der Waals surface area contributed by atoms with Gasteiger partial charge in [0.2, 0.25) is 10.0 Å². The van der Waals surface area contributed by atoms with E-state index in [9.17, 15) is 26.0 Å². The Bertz CT molecular complexity index is 574. The van der Waals surface area contributed by atoms with E-state index in [2.05, 4.69) is 4.74 Å². The van der Waals surface area contributed by atoms with Gasteiger partial charge in [0.05, 0.1) is 13.2 Å². The first-order valence-electron chi connectivity index (χ1n) is 5.69. The van der Waals surface area contributed by atoms with Crippen molar-refractivity contribution in [2.24, 2.45) is 0 Å². The summed E-state index contributed by atoms with van der Waals surface area (Å²) < 4.78 is 78.5. The average Bonchev–Trinajstić information content (AvgIpc) is 2.37. The van der Waals surface area contributed by atoms with Crippen LogP contribution in [0.2, 0.25) is 0 Å². The monoisotopic (exact) mass is 331 g/mol. The second kappa shape index (κ2) is 7.16.